The topological polar surface area (TPSA) is 112 Å². The zero-order valence-electron chi connectivity index (χ0n) is 20.0. The molecule has 1 aliphatic carbocycles. The number of hydrogen-bond donors (Lipinski definition) is 2. The molecule has 8 nitrogen and oxygen atoms in total. The molecule has 1 amide bonds. The summed E-state index contributed by atoms with van der Waals surface area (Å²) in [6, 6.07) is 11.4. The van der Waals surface area contributed by atoms with Gasteiger partial charge in [-0.25, -0.2) is 4.98 Å². The van der Waals surface area contributed by atoms with Gasteiger partial charge in [0.25, 0.3) is 5.91 Å². The van der Waals surface area contributed by atoms with Gasteiger partial charge in [0, 0.05) is 29.5 Å². The van der Waals surface area contributed by atoms with Gasteiger partial charge in [-0.3, -0.25) is 14.7 Å². The average Bonchev–Trinajstić information content (AvgIpc) is 3.01. The monoisotopic (exact) mass is 519 g/mol. The Labute approximate surface area is 220 Å². The molecule has 1 saturated heterocycles. The molecule has 2 aromatic rings. The quantitative estimate of drug-likeness (QED) is 0.582. The zero-order chi connectivity index (χ0) is 25.6. The molecular weight excluding hydrogens is 494 g/mol. The third-order valence-electron chi connectivity index (χ3n) is 6.99. The number of amides is 1. The minimum atomic E-state index is -1.04. The van der Waals surface area contributed by atoms with Crippen molar-refractivity contribution < 1.29 is 4.79 Å². The SMILES string of the molecule is Cc1nc(N)nc(N2CC(C)C2(S)C2=NC3CCC=CC(Cl)=C(C3)C(=O)N2c2ccccc2)c1C#N. The van der Waals surface area contributed by atoms with Crippen molar-refractivity contribution in [2.24, 2.45) is 10.9 Å². The first kappa shape index (κ1) is 24.3. The lowest BCUT2D eigenvalue weighted by molar-refractivity contribution is -0.114. The van der Waals surface area contributed by atoms with Crippen LogP contribution in [0.3, 0.4) is 0 Å². The second kappa shape index (κ2) is 9.26. The summed E-state index contributed by atoms with van der Waals surface area (Å²) in [6.07, 6.45) is 5.79. The molecular formula is C26H26ClN7OS. The number of para-hydroxylation sites is 1. The van der Waals surface area contributed by atoms with Gasteiger partial charge in [0.2, 0.25) is 5.95 Å². The highest BCUT2D eigenvalue weighted by atomic mass is 35.5. The van der Waals surface area contributed by atoms with Gasteiger partial charge in [-0.2, -0.15) is 10.2 Å². The van der Waals surface area contributed by atoms with Crippen molar-refractivity contribution in [1.82, 2.24) is 9.97 Å². The van der Waals surface area contributed by atoms with Gasteiger partial charge in [0.05, 0.1) is 17.4 Å². The van der Waals surface area contributed by atoms with Gasteiger partial charge in [0.15, 0.2) is 5.82 Å². The number of carbonyl (C=O) groups excluding carboxylic acids is 1. The van der Waals surface area contributed by atoms with E-state index >= 15 is 0 Å². The highest BCUT2D eigenvalue weighted by Crippen LogP contribution is 2.48. The third kappa shape index (κ3) is 3.85. The summed E-state index contributed by atoms with van der Waals surface area (Å²) in [5, 5.41) is 10.3. The maximum Gasteiger partial charge on any atom is 0.261 e. The fourth-order valence-corrected chi connectivity index (χ4v) is 5.70. The normalized spacial score (nSPS) is 26.0. The highest BCUT2D eigenvalue weighted by Gasteiger charge is 2.57. The maximum absolute atomic E-state index is 14.1. The molecule has 3 aliphatic rings. The minimum Gasteiger partial charge on any atom is -0.368 e. The van der Waals surface area contributed by atoms with Gasteiger partial charge in [-0.05, 0) is 38.0 Å². The summed E-state index contributed by atoms with van der Waals surface area (Å²) in [5.41, 5.74) is 7.98. The number of nitrogens with zero attached hydrogens (tertiary/aromatic N) is 6. The van der Waals surface area contributed by atoms with E-state index in [0.717, 1.165) is 12.8 Å². The number of fused-ring (bicyclic) bond motifs is 2. The Bertz CT molecular complexity index is 1370. The minimum absolute atomic E-state index is 0.0217. The molecule has 2 aliphatic heterocycles. The molecule has 184 valence electrons. The van der Waals surface area contributed by atoms with Crippen LogP contribution in [-0.2, 0) is 4.79 Å². The number of carbonyl (C=O) groups is 1. The molecule has 3 atom stereocenters. The highest BCUT2D eigenvalue weighted by molar-refractivity contribution is 7.83. The number of aryl methyl sites for hydroxylation is 1. The smallest absolute Gasteiger partial charge is 0.261 e. The first-order chi connectivity index (χ1) is 17.3. The Hall–Kier alpha value is -3.35. The first-order valence-electron chi connectivity index (χ1n) is 11.8. The van der Waals surface area contributed by atoms with E-state index in [1.807, 2.05) is 48.2 Å². The standard InChI is InChI=1S/C26H26ClN7OS/c1-15-14-33(22-20(13-28)16(2)30-25(29)32-22)26(15,36)24-31-17-8-6-7-11-21(27)19(12-17)23(35)34(24)18-9-4-3-5-10-18/h3-5,7,9-11,15,17,36H,6,8,12,14H2,1-2H3,(H2,29,30,32). The molecule has 1 fully saturated rings. The summed E-state index contributed by atoms with van der Waals surface area (Å²) in [4.78, 5) is 30.4. The Morgan fingerprint density at radius 1 is 1.28 bits per heavy atom. The van der Waals surface area contributed by atoms with Crippen LogP contribution in [0.2, 0.25) is 0 Å². The van der Waals surface area contributed by atoms with E-state index in [1.54, 1.807) is 17.9 Å². The van der Waals surface area contributed by atoms with Crippen molar-refractivity contribution >= 4 is 53.4 Å². The average molecular weight is 520 g/mol. The van der Waals surface area contributed by atoms with Crippen LogP contribution in [0.15, 0.2) is 58.1 Å². The van der Waals surface area contributed by atoms with Crippen LogP contribution in [0.25, 0.3) is 0 Å². The van der Waals surface area contributed by atoms with E-state index in [1.165, 1.54) is 0 Å². The molecule has 10 heteroatoms. The van der Waals surface area contributed by atoms with E-state index < -0.39 is 4.87 Å². The lowest BCUT2D eigenvalue weighted by Gasteiger charge is -2.57. The van der Waals surface area contributed by atoms with Gasteiger partial charge < -0.3 is 10.6 Å². The summed E-state index contributed by atoms with van der Waals surface area (Å²) in [6.45, 7) is 4.33. The number of halogens is 1. The van der Waals surface area contributed by atoms with E-state index in [4.69, 9.17) is 35.0 Å². The molecule has 36 heavy (non-hydrogen) atoms. The van der Waals surface area contributed by atoms with Gasteiger partial charge >= 0.3 is 0 Å². The van der Waals surface area contributed by atoms with Crippen LogP contribution in [0.4, 0.5) is 17.5 Å². The summed E-state index contributed by atoms with van der Waals surface area (Å²) in [5.74, 6) is 0.699. The van der Waals surface area contributed by atoms with Gasteiger partial charge in [-0.15, -0.1) is 12.6 Å². The van der Waals surface area contributed by atoms with Crippen LogP contribution in [0, 0.1) is 24.2 Å². The van der Waals surface area contributed by atoms with Crippen molar-refractivity contribution in [3.05, 3.63) is 64.3 Å². The predicted octanol–water partition coefficient (Wildman–Crippen LogP) is 4.37. The Morgan fingerprint density at radius 2 is 2.03 bits per heavy atom. The number of aliphatic imine (C=N–C) groups is 1. The summed E-state index contributed by atoms with van der Waals surface area (Å²) in [7, 11) is 0. The fraction of sp³-hybridized carbons (Fsp3) is 0.346. The zero-order valence-corrected chi connectivity index (χ0v) is 21.7. The Morgan fingerprint density at radius 3 is 2.72 bits per heavy atom. The third-order valence-corrected chi connectivity index (χ3v) is 8.23. The van der Waals surface area contributed by atoms with Crippen molar-refractivity contribution in [1.29, 1.82) is 5.26 Å². The molecule has 0 spiro atoms. The number of rotatable bonds is 3. The number of benzene rings is 1. The number of amidine groups is 1. The lowest BCUT2D eigenvalue weighted by Crippen LogP contribution is -2.71. The Kier molecular flexibility index (Phi) is 6.27. The Balaban J connectivity index is 1.72. The predicted molar refractivity (Wildman–Crippen MR) is 145 cm³/mol. The van der Waals surface area contributed by atoms with Gasteiger partial charge in [-0.1, -0.05) is 42.8 Å². The molecule has 3 heterocycles. The summed E-state index contributed by atoms with van der Waals surface area (Å²) < 4.78 is 0. The molecule has 0 radical (unpaired) electrons. The molecule has 2 N–H and O–H groups in total. The van der Waals surface area contributed by atoms with E-state index in [9.17, 15) is 10.1 Å². The maximum atomic E-state index is 14.1. The van der Waals surface area contributed by atoms with Crippen LogP contribution < -0.4 is 15.5 Å². The first-order valence-corrected chi connectivity index (χ1v) is 12.6. The van der Waals surface area contributed by atoms with Crippen molar-refractivity contribution in [3.63, 3.8) is 0 Å². The molecule has 3 unspecified atom stereocenters. The van der Waals surface area contributed by atoms with Crippen LogP contribution >= 0.6 is 24.2 Å². The second-order valence-electron chi connectivity index (χ2n) is 9.31. The molecule has 1 aromatic carbocycles. The molecule has 0 saturated carbocycles. The number of aromatic nitrogens is 2. The lowest BCUT2D eigenvalue weighted by atomic mass is 9.86. The number of anilines is 3. The number of hydrogen-bond acceptors (Lipinski definition) is 8. The number of nitriles is 1. The molecule has 5 rings (SSSR count). The van der Waals surface area contributed by atoms with Crippen molar-refractivity contribution in [2.45, 2.75) is 44.0 Å². The number of thiol groups is 1. The molecule has 1 aromatic heterocycles. The summed E-state index contributed by atoms with van der Waals surface area (Å²) >= 11 is 11.8. The van der Waals surface area contributed by atoms with Gasteiger partial charge in [0.1, 0.15) is 22.3 Å². The number of nitrogen functional groups attached to an aromatic ring is 1. The van der Waals surface area contributed by atoms with E-state index in [0.29, 0.717) is 52.2 Å². The van der Waals surface area contributed by atoms with Crippen LogP contribution in [-0.4, -0.2) is 39.2 Å². The molecule has 2 bridgehead atoms. The fourth-order valence-electron chi connectivity index (χ4n) is 5.04. The van der Waals surface area contributed by atoms with E-state index in [2.05, 4.69) is 16.0 Å². The van der Waals surface area contributed by atoms with Crippen molar-refractivity contribution in [2.75, 3.05) is 22.1 Å². The van der Waals surface area contributed by atoms with E-state index in [-0.39, 0.29) is 23.8 Å². The van der Waals surface area contributed by atoms with Crippen molar-refractivity contribution in [3.8, 4) is 6.07 Å². The largest absolute Gasteiger partial charge is 0.368 e. The second-order valence-corrected chi connectivity index (χ2v) is 10.4. The van der Waals surface area contributed by atoms with Crippen LogP contribution in [0.5, 0.6) is 0 Å². The number of nitrogens with two attached hydrogens (primary N) is 1. The number of allylic oxidation sites excluding steroid dienone is 3. The van der Waals surface area contributed by atoms with Crippen LogP contribution in [0.1, 0.15) is 37.4 Å².